The number of aldehydes is 1. The van der Waals surface area contributed by atoms with Gasteiger partial charge in [-0.2, -0.15) is 0 Å². The van der Waals surface area contributed by atoms with E-state index in [1.54, 1.807) is 0 Å². The van der Waals surface area contributed by atoms with Crippen LogP contribution in [-0.2, 0) is 6.42 Å². The van der Waals surface area contributed by atoms with Crippen molar-refractivity contribution in [1.82, 2.24) is 4.98 Å². The molecule has 1 N–H and O–H groups in total. The van der Waals surface area contributed by atoms with Gasteiger partial charge in [0.2, 0.25) is 0 Å². The van der Waals surface area contributed by atoms with Crippen LogP contribution in [0.2, 0.25) is 0 Å². The van der Waals surface area contributed by atoms with E-state index in [-0.39, 0.29) is 0 Å². The lowest BCUT2D eigenvalue weighted by atomic mass is 10.1. The second-order valence-electron chi connectivity index (χ2n) is 3.51. The number of carbonyl (C=O) groups is 1. The van der Waals surface area contributed by atoms with Crippen molar-refractivity contribution in [3.8, 4) is 0 Å². The summed E-state index contributed by atoms with van der Waals surface area (Å²) in [5, 5.41) is 1.10. The molecule has 2 heteroatoms. The van der Waals surface area contributed by atoms with Crippen molar-refractivity contribution in [3.05, 3.63) is 35.5 Å². The van der Waals surface area contributed by atoms with E-state index in [0.29, 0.717) is 5.69 Å². The van der Waals surface area contributed by atoms with E-state index in [2.05, 4.69) is 30.1 Å². The van der Waals surface area contributed by atoms with E-state index < -0.39 is 0 Å². The van der Waals surface area contributed by atoms with E-state index in [0.717, 1.165) is 30.0 Å². The number of hydrogen-bond donors (Lipinski definition) is 1. The predicted molar refractivity (Wildman–Crippen MR) is 57.7 cm³/mol. The number of rotatable bonds is 3. The number of hydrogen-bond acceptors (Lipinski definition) is 1. The molecule has 0 saturated heterocycles. The molecular formula is C12H13NO. The molecule has 0 unspecified atom stereocenters. The van der Waals surface area contributed by atoms with Gasteiger partial charge in [-0.1, -0.05) is 25.5 Å². The molecule has 0 aliphatic carbocycles. The highest BCUT2D eigenvalue weighted by molar-refractivity contribution is 5.88. The third kappa shape index (κ3) is 1.55. The van der Waals surface area contributed by atoms with Gasteiger partial charge in [-0.05, 0) is 24.1 Å². The van der Waals surface area contributed by atoms with Gasteiger partial charge in [0.1, 0.15) is 0 Å². The van der Waals surface area contributed by atoms with E-state index in [9.17, 15) is 4.79 Å². The molecule has 0 atom stereocenters. The molecular weight excluding hydrogens is 174 g/mol. The quantitative estimate of drug-likeness (QED) is 0.736. The van der Waals surface area contributed by atoms with Crippen LogP contribution in [-0.4, -0.2) is 11.3 Å². The number of benzene rings is 1. The summed E-state index contributed by atoms with van der Waals surface area (Å²) in [5.74, 6) is 0. The fourth-order valence-electron chi connectivity index (χ4n) is 1.70. The molecule has 2 nitrogen and oxygen atoms in total. The predicted octanol–water partition coefficient (Wildman–Crippen LogP) is 2.93. The zero-order valence-electron chi connectivity index (χ0n) is 8.21. The van der Waals surface area contributed by atoms with E-state index >= 15 is 0 Å². The minimum absolute atomic E-state index is 0.647. The molecule has 1 aromatic carbocycles. The van der Waals surface area contributed by atoms with Crippen molar-refractivity contribution >= 4 is 17.2 Å². The molecule has 0 fully saturated rings. The summed E-state index contributed by atoms with van der Waals surface area (Å²) >= 11 is 0. The fraction of sp³-hybridized carbons (Fsp3) is 0.250. The van der Waals surface area contributed by atoms with Gasteiger partial charge >= 0.3 is 0 Å². The monoisotopic (exact) mass is 187 g/mol. The summed E-state index contributed by atoms with van der Waals surface area (Å²) in [7, 11) is 0. The average Bonchev–Trinajstić information content (AvgIpc) is 2.60. The Bertz CT molecular complexity index is 456. The number of nitrogens with one attached hydrogen (secondary N) is 1. The molecule has 0 amide bonds. The second kappa shape index (κ2) is 3.66. The Morgan fingerprint density at radius 2 is 2.21 bits per heavy atom. The third-order valence-electron chi connectivity index (χ3n) is 2.37. The molecule has 14 heavy (non-hydrogen) atoms. The van der Waals surface area contributed by atoms with Crippen LogP contribution < -0.4 is 0 Å². The molecule has 72 valence electrons. The lowest BCUT2D eigenvalue weighted by Crippen LogP contribution is -1.82. The third-order valence-corrected chi connectivity index (χ3v) is 2.37. The van der Waals surface area contributed by atoms with Crippen LogP contribution in [0, 0.1) is 0 Å². The maximum atomic E-state index is 10.6. The largest absolute Gasteiger partial charge is 0.352 e. The Morgan fingerprint density at radius 1 is 1.36 bits per heavy atom. The van der Waals surface area contributed by atoms with Crippen molar-refractivity contribution in [1.29, 1.82) is 0 Å². The number of aromatic amines is 1. The highest BCUT2D eigenvalue weighted by Gasteiger charge is 2.00. The molecule has 2 aromatic rings. The number of aryl methyl sites for hydroxylation is 1. The Hall–Kier alpha value is -1.57. The maximum Gasteiger partial charge on any atom is 0.166 e. The average molecular weight is 187 g/mol. The molecule has 0 radical (unpaired) electrons. The second-order valence-corrected chi connectivity index (χ2v) is 3.51. The van der Waals surface area contributed by atoms with E-state index in [1.165, 1.54) is 5.56 Å². The molecule has 1 heterocycles. The summed E-state index contributed by atoms with van der Waals surface area (Å²) in [6.07, 6.45) is 3.08. The van der Waals surface area contributed by atoms with Gasteiger partial charge in [0, 0.05) is 10.9 Å². The fourth-order valence-corrected chi connectivity index (χ4v) is 1.70. The first kappa shape index (κ1) is 9.00. The lowest BCUT2D eigenvalue weighted by Gasteiger charge is -1.97. The molecule has 1 aromatic heterocycles. The number of carbonyl (C=O) groups excluding carboxylic acids is 1. The topological polar surface area (TPSA) is 32.9 Å². The normalized spacial score (nSPS) is 10.6. The van der Waals surface area contributed by atoms with Crippen molar-refractivity contribution in [2.75, 3.05) is 0 Å². The van der Waals surface area contributed by atoms with Crippen LogP contribution in [0.5, 0.6) is 0 Å². The van der Waals surface area contributed by atoms with Crippen LogP contribution in [0.4, 0.5) is 0 Å². The Balaban J connectivity index is 2.48. The van der Waals surface area contributed by atoms with Crippen molar-refractivity contribution in [3.63, 3.8) is 0 Å². The van der Waals surface area contributed by atoms with E-state index in [1.807, 2.05) is 6.07 Å². The van der Waals surface area contributed by atoms with Crippen molar-refractivity contribution < 1.29 is 4.79 Å². The van der Waals surface area contributed by atoms with Gasteiger partial charge in [-0.3, -0.25) is 4.79 Å². The van der Waals surface area contributed by atoms with Gasteiger partial charge in [-0.25, -0.2) is 0 Å². The number of aromatic nitrogens is 1. The molecule has 0 saturated carbocycles. The van der Waals surface area contributed by atoms with Gasteiger partial charge in [0.05, 0.1) is 5.69 Å². The minimum Gasteiger partial charge on any atom is -0.352 e. The van der Waals surface area contributed by atoms with Gasteiger partial charge < -0.3 is 4.98 Å². The first-order valence-electron chi connectivity index (χ1n) is 4.90. The van der Waals surface area contributed by atoms with Crippen LogP contribution in [0.15, 0.2) is 24.3 Å². The molecule has 0 bridgehead atoms. The first-order valence-corrected chi connectivity index (χ1v) is 4.90. The summed E-state index contributed by atoms with van der Waals surface area (Å²) in [4.78, 5) is 13.6. The highest BCUT2D eigenvalue weighted by Crippen LogP contribution is 2.17. The summed E-state index contributed by atoms with van der Waals surface area (Å²) in [6.45, 7) is 2.16. The zero-order chi connectivity index (χ0) is 9.97. The Kier molecular flexibility index (Phi) is 2.35. The smallest absolute Gasteiger partial charge is 0.166 e. The molecule has 2 rings (SSSR count). The maximum absolute atomic E-state index is 10.6. The first-order chi connectivity index (χ1) is 6.83. The summed E-state index contributed by atoms with van der Waals surface area (Å²) in [5.41, 5.74) is 3.02. The summed E-state index contributed by atoms with van der Waals surface area (Å²) < 4.78 is 0. The molecule has 0 aliphatic heterocycles. The van der Waals surface area contributed by atoms with Gasteiger partial charge in [0.25, 0.3) is 0 Å². The van der Waals surface area contributed by atoms with Crippen LogP contribution in [0.3, 0.4) is 0 Å². The van der Waals surface area contributed by atoms with Crippen molar-refractivity contribution in [2.45, 2.75) is 19.8 Å². The van der Waals surface area contributed by atoms with Gasteiger partial charge in [0.15, 0.2) is 6.29 Å². The molecule has 0 aliphatic rings. The lowest BCUT2D eigenvalue weighted by molar-refractivity contribution is 0.112. The SMILES string of the molecule is CCCc1ccc2cc(C=O)[nH]c2c1. The van der Waals surface area contributed by atoms with Crippen molar-refractivity contribution in [2.24, 2.45) is 0 Å². The molecule has 0 spiro atoms. The summed E-state index contributed by atoms with van der Waals surface area (Å²) in [6, 6.07) is 8.17. The van der Waals surface area contributed by atoms with E-state index in [4.69, 9.17) is 0 Å². The number of fused-ring (bicyclic) bond motifs is 1. The Labute approximate surface area is 82.9 Å². The van der Waals surface area contributed by atoms with Crippen LogP contribution >= 0.6 is 0 Å². The van der Waals surface area contributed by atoms with Gasteiger partial charge in [-0.15, -0.1) is 0 Å². The van der Waals surface area contributed by atoms with Crippen LogP contribution in [0.1, 0.15) is 29.4 Å². The highest BCUT2D eigenvalue weighted by atomic mass is 16.1. The van der Waals surface area contributed by atoms with Crippen LogP contribution in [0.25, 0.3) is 10.9 Å². The Morgan fingerprint density at radius 3 is 2.93 bits per heavy atom. The number of H-pyrrole nitrogens is 1. The zero-order valence-corrected chi connectivity index (χ0v) is 8.21. The standard InChI is InChI=1S/C12H13NO/c1-2-3-9-4-5-10-7-11(8-14)13-12(10)6-9/h4-8,13H,2-3H2,1H3. The minimum atomic E-state index is 0.647.